The van der Waals surface area contributed by atoms with Crippen molar-refractivity contribution in [3.05, 3.63) is 81.8 Å². The number of fused-ring (bicyclic) bond motifs is 4. The molecule has 0 fully saturated rings. The number of aromatic hydroxyl groups is 1. The Hall–Kier alpha value is -3.28. The minimum atomic E-state index is -0.821. The van der Waals surface area contributed by atoms with Gasteiger partial charge in [-0.15, -0.1) is 0 Å². The summed E-state index contributed by atoms with van der Waals surface area (Å²) in [5, 5.41) is 10.6. The van der Waals surface area contributed by atoms with Crippen LogP contribution >= 0.6 is 15.9 Å². The lowest BCUT2D eigenvalue weighted by Gasteiger charge is -2.37. The predicted molar refractivity (Wildman–Crippen MR) is 109 cm³/mol. The van der Waals surface area contributed by atoms with Gasteiger partial charge in [-0.3, -0.25) is 0 Å². The van der Waals surface area contributed by atoms with E-state index in [0.717, 1.165) is 9.13 Å². The van der Waals surface area contributed by atoms with Crippen molar-refractivity contribution in [1.29, 1.82) is 0 Å². The van der Waals surface area contributed by atoms with Gasteiger partial charge in [-0.2, -0.15) is 0 Å². The van der Waals surface area contributed by atoms with Crippen molar-refractivity contribution in [2.24, 2.45) is 14.1 Å². The fraction of sp³-hybridized carbons (Fsp3) is 0.333. The SMILES string of the molecule is Cn1c(=O)n2n(c1=O)[C@@H]1Cn3c(=O)n(C)c(=O)n3[C@@H](c3cc(Br)ccc3O)C1=CC2. The van der Waals surface area contributed by atoms with E-state index >= 15 is 0 Å². The molecule has 0 bridgehead atoms. The van der Waals surface area contributed by atoms with E-state index in [2.05, 4.69) is 15.9 Å². The van der Waals surface area contributed by atoms with E-state index in [1.165, 1.54) is 38.9 Å². The molecule has 11 nitrogen and oxygen atoms in total. The lowest BCUT2D eigenvalue weighted by Crippen LogP contribution is -2.46. The van der Waals surface area contributed by atoms with E-state index in [4.69, 9.17) is 0 Å². The van der Waals surface area contributed by atoms with E-state index in [0.29, 0.717) is 15.6 Å². The van der Waals surface area contributed by atoms with E-state index in [-0.39, 0.29) is 18.8 Å². The first-order chi connectivity index (χ1) is 14.2. The van der Waals surface area contributed by atoms with E-state index < -0.39 is 34.8 Å². The maximum atomic E-state index is 12.9. The Labute approximate surface area is 176 Å². The highest BCUT2D eigenvalue weighted by molar-refractivity contribution is 9.10. The third-order valence-corrected chi connectivity index (χ3v) is 6.37. The number of hydrogen-bond acceptors (Lipinski definition) is 5. The molecule has 2 aliphatic heterocycles. The Bertz CT molecular complexity index is 1490. The summed E-state index contributed by atoms with van der Waals surface area (Å²) in [6, 6.07) is 3.34. The highest BCUT2D eigenvalue weighted by Gasteiger charge is 2.41. The molecular weight excluding hydrogens is 460 g/mol. The molecular formula is C18H17BrN6O5. The third-order valence-electron chi connectivity index (χ3n) is 5.87. The van der Waals surface area contributed by atoms with Gasteiger partial charge in [0, 0.05) is 24.1 Å². The van der Waals surface area contributed by atoms with Crippen LogP contribution in [0.1, 0.15) is 17.6 Å². The molecule has 0 saturated heterocycles. The summed E-state index contributed by atoms with van der Waals surface area (Å²) >= 11 is 3.38. The smallest absolute Gasteiger partial charge is 0.347 e. The fourth-order valence-electron chi connectivity index (χ4n) is 4.40. The molecule has 1 N–H and O–H groups in total. The fourth-order valence-corrected chi connectivity index (χ4v) is 4.78. The van der Waals surface area contributed by atoms with Crippen LogP contribution in [0.4, 0.5) is 0 Å². The zero-order valence-electron chi connectivity index (χ0n) is 16.0. The number of benzene rings is 1. The Kier molecular flexibility index (Phi) is 3.81. The minimum Gasteiger partial charge on any atom is -0.508 e. The number of halogens is 1. The number of phenols is 1. The van der Waals surface area contributed by atoms with Gasteiger partial charge < -0.3 is 5.11 Å². The maximum Gasteiger partial charge on any atom is 0.347 e. The number of hydrogen-bond donors (Lipinski definition) is 1. The molecule has 5 rings (SSSR count). The monoisotopic (exact) mass is 476 g/mol. The van der Waals surface area contributed by atoms with Gasteiger partial charge in [0.25, 0.3) is 0 Å². The number of allylic oxidation sites excluding steroid dienone is 2. The Morgan fingerprint density at radius 3 is 2.27 bits per heavy atom. The third kappa shape index (κ3) is 2.24. The van der Waals surface area contributed by atoms with Crippen molar-refractivity contribution >= 4 is 15.9 Å². The second-order valence-corrected chi connectivity index (χ2v) is 8.34. The standard InChI is InChI=1S/C18H17BrN6O5/c1-20-15(27)22-6-5-10-12(24(22)17(20)29)8-23-16(28)21(2)18(30)25(23)14(10)11-7-9(19)3-4-13(11)26/h3-5,7,12,14,26H,6,8H2,1-2H3/t12-,14-/m1/s1. The molecule has 0 unspecified atom stereocenters. The number of nitrogens with zero attached hydrogens (tertiary/aromatic N) is 6. The molecule has 3 aromatic rings. The van der Waals surface area contributed by atoms with E-state index in [1.807, 2.05) is 0 Å². The predicted octanol–water partition coefficient (Wildman–Crippen LogP) is -0.737. The average molecular weight is 477 g/mol. The van der Waals surface area contributed by atoms with Crippen LogP contribution < -0.4 is 22.8 Å². The molecule has 0 radical (unpaired) electrons. The van der Waals surface area contributed by atoms with Crippen LogP contribution in [0, 0.1) is 0 Å². The topological polar surface area (TPSA) is 118 Å². The molecule has 30 heavy (non-hydrogen) atoms. The molecule has 4 heterocycles. The first kappa shape index (κ1) is 18.7. The number of phenolic OH excluding ortho intramolecular Hbond substituents is 1. The lowest BCUT2D eigenvalue weighted by atomic mass is 9.90. The number of aromatic nitrogens is 6. The summed E-state index contributed by atoms with van der Waals surface area (Å²) in [6.07, 6.45) is 1.78. The van der Waals surface area contributed by atoms with Crippen LogP contribution in [0.2, 0.25) is 0 Å². The molecule has 2 aliphatic rings. The molecule has 0 spiro atoms. The van der Waals surface area contributed by atoms with Crippen molar-refractivity contribution in [3.8, 4) is 5.75 Å². The molecule has 1 aromatic carbocycles. The normalized spacial score (nSPS) is 19.8. The summed E-state index contributed by atoms with van der Waals surface area (Å²) < 4.78 is 7.88. The highest BCUT2D eigenvalue weighted by Crippen LogP contribution is 2.41. The van der Waals surface area contributed by atoms with Gasteiger partial charge in [0.1, 0.15) is 11.8 Å². The van der Waals surface area contributed by atoms with Gasteiger partial charge in [-0.05, 0) is 23.8 Å². The van der Waals surface area contributed by atoms with Crippen molar-refractivity contribution in [1.82, 2.24) is 27.9 Å². The van der Waals surface area contributed by atoms with Gasteiger partial charge >= 0.3 is 22.8 Å². The summed E-state index contributed by atoms with van der Waals surface area (Å²) in [6.45, 7) is 0.146. The molecule has 0 aliphatic carbocycles. The van der Waals surface area contributed by atoms with E-state index in [1.54, 1.807) is 18.2 Å². The lowest BCUT2D eigenvalue weighted by molar-refractivity contribution is 0.244. The first-order valence-corrected chi connectivity index (χ1v) is 9.96. The maximum absolute atomic E-state index is 12.9. The van der Waals surface area contributed by atoms with Crippen LogP contribution in [0.25, 0.3) is 0 Å². The Morgan fingerprint density at radius 1 is 0.933 bits per heavy atom. The van der Waals surface area contributed by atoms with Gasteiger partial charge in [-0.1, -0.05) is 22.0 Å². The van der Waals surface area contributed by atoms with Crippen LogP contribution in [0.15, 0.2) is 53.5 Å². The highest BCUT2D eigenvalue weighted by atomic mass is 79.9. The van der Waals surface area contributed by atoms with Crippen LogP contribution in [0.3, 0.4) is 0 Å². The second kappa shape index (κ2) is 6.11. The summed E-state index contributed by atoms with van der Waals surface area (Å²) in [7, 11) is 2.77. The Morgan fingerprint density at radius 2 is 1.57 bits per heavy atom. The van der Waals surface area contributed by atoms with Crippen molar-refractivity contribution in [3.63, 3.8) is 0 Å². The van der Waals surface area contributed by atoms with Crippen LogP contribution in [-0.4, -0.2) is 33.0 Å². The summed E-state index contributed by atoms with van der Waals surface area (Å²) in [4.78, 5) is 50.9. The van der Waals surface area contributed by atoms with Gasteiger partial charge in [-0.25, -0.2) is 47.0 Å². The first-order valence-electron chi connectivity index (χ1n) is 9.17. The van der Waals surface area contributed by atoms with Gasteiger partial charge in [0.05, 0.1) is 19.1 Å². The quantitative estimate of drug-likeness (QED) is 0.464. The van der Waals surface area contributed by atoms with Crippen molar-refractivity contribution < 1.29 is 5.11 Å². The number of rotatable bonds is 1. The second-order valence-electron chi connectivity index (χ2n) is 7.43. The zero-order valence-corrected chi connectivity index (χ0v) is 17.6. The molecule has 12 heteroatoms. The largest absolute Gasteiger partial charge is 0.508 e. The molecule has 0 amide bonds. The summed E-state index contributed by atoms with van der Waals surface area (Å²) in [5.74, 6) is -0.0529. The van der Waals surface area contributed by atoms with Gasteiger partial charge in [0.15, 0.2) is 0 Å². The van der Waals surface area contributed by atoms with Gasteiger partial charge in [0.2, 0.25) is 0 Å². The van der Waals surface area contributed by atoms with Crippen LogP contribution in [-0.2, 0) is 27.2 Å². The van der Waals surface area contributed by atoms with E-state index in [9.17, 15) is 24.3 Å². The van der Waals surface area contributed by atoms with Crippen LogP contribution in [0.5, 0.6) is 5.75 Å². The van der Waals surface area contributed by atoms with Crippen molar-refractivity contribution in [2.75, 3.05) is 0 Å². The molecule has 0 saturated carbocycles. The molecule has 2 atom stereocenters. The minimum absolute atomic E-state index is 0.00930. The molecule has 156 valence electrons. The van der Waals surface area contributed by atoms with Crippen molar-refractivity contribution in [2.45, 2.75) is 25.2 Å². The average Bonchev–Trinajstić information content (AvgIpc) is 3.08. The Balaban J connectivity index is 1.87. The molecule has 2 aromatic heterocycles. The zero-order chi connectivity index (χ0) is 21.5. The summed E-state index contributed by atoms with van der Waals surface area (Å²) in [5.41, 5.74) is -0.979.